The second-order valence-corrected chi connectivity index (χ2v) is 49.7. The molecule has 0 N–H and O–H groups in total. The van der Waals surface area contributed by atoms with Gasteiger partial charge in [0.05, 0.1) is 65.6 Å². The first-order chi connectivity index (χ1) is 35.4. The quantitative estimate of drug-likeness (QED) is 0.121. The predicted molar refractivity (Wildman–Crippen MR) is 328 cm³/mol. The molecule has 0 radical (unpaired) electrons. The Morgan fingerprint density at radius 1 is 0.545 bits per heavy atom. The average molecular weight is 1140 g/mol. The second-order valence-electron chi connectivity index (χ2n) is 31.1. The monoisotopic (exact) mass is 1140 g/mol. The molecule has 5 saturated heterocycles. The van der Waals surface area contributed by atoms with Crippen LogP contribution in [0.5, 0.6) is 0 Å². The lowest BCUT2D eigenvalue weighted by Gasteiger charge is -2.50. The summed E-state index contributed by atoms with van der Waals surface area (Å²) in [7, 11) is -9.01. The summed E-state index contributed by atoms with van der Waals surface area (Å²) in [4.78, 5) is 0. The topological polar surface area (TPSA) is 83.1 Å². The summed E-state index contributed by atoms with van der Waals surface area (Å²) in [6.45, 7) is 53.2. The van der Waals surface area contributed by atoms with Gasteiger partial charge in [0.25, 0.3) is 8.32 Å². The Morgan fingerprint density at radius 2 is 1.05 bits per heavy atom. The molecule has 438 valence electrons. The Morgan fingerprint density at radius 3 is 1.61 bits per heavy atom. The van der Waals surface area contributed by atoms with Crippen LogP contribution in [0.15, 0.2) is 60.7 Å². The molecule has 9 nitrogen and oxygen atoms in total. The summed E-state index contributed by atoms with van der Waals surface area (Å²) in [5.41, 5.74) is -1.55. The van der Waals surface area contributed by atoms with Gasteiger partial charge in [-0.3, -0.25) is 0 Å². The molecule has 0 aliphatic carbocycles. The van der Waals surface area contributed by atoms with Gasteiger partial charge in [0, 0.05) is 26.1 Å². The molecular formula is C64H112O9Si4. The molecule has 0 aromatic heterocycles. The second kappa shape index (κ2) is 23.2. The fraction of sp³-hybridized carbons (Fsp3) is 0.812. The van der Waals surface area contributed by atoms with E-state index in [-0.39, 0.29) is 75.1 Å². The molecule has 5 aliphatic heterocycles. The summed E-state index contributed by atoms with van der Waals surface area (Å²) in [6, 6.07) is 22.0. The van der Waals surface area contributed by atoms with Gasteiger partial charge in [-0.1, -0.05) is 151 Å². The molecule has 2 aromatic rings. The van der Waals surface area contributed by atoms with Crippen molar-refractivity contribution in [3.05, 3.63) is 60.7 Å². The Bertz CT molecular complexity index is 2180. The molecule has 77 heavy (non-hydrogen) atoms. The maximum atomic E-state index is 7.67. The minimum atomic E-state index is -2.66. The van der Waals surface area contributed by atoms with Gasteiger partial charge in [-0.05, 0) is 154 Å². The maximum Gasteiger partial charge on any atom is 0.261 e. The minimum absolute atomic E-state index is 0.0137. The van der Waals surface area contributed by atoms with Crippen LogP contribution >= 0.6 is 0 Å². The smallest absolute Gasteiger partial charge is 0.261 e. The number of hydrogen-bond acceptors (Lipinski definition) is 9. The highest BCUT2D eigenvalue weighted by molar-refractivity contribution is 6.99. The van der Waals surface area contributed by atoms with Crippen LogP contribution in [-0.4, -0.2) is 118 Å². The zero-order valence-electron chi connectivity index (χ0n) is 52.9. The number of rotatable bonds is 16. The highest BCUT2D eigenvalue weighted by Gasteiger charge is 2.61. The van der Waals surface area contributed by atoms with Gasteiger partial charge in [0.1, 0.15) is 6.10 Å². The summed E-state index contributed by atoms with van der Waals surface area (Å²) in [5, 5.41) is 2.81. The van der Waals surface area contributed by atoms with Gasteiger partial charge < -0.3 is 41.4 Å². The fourth-order valence-corrected chi connectivity index (χ4v) is 21.6. The van der Waals surface area contributed by atoms with Crippen LogP contribution in [0.2, 0.25) is 59.4 Å². The highest BCUT2D eigenvalue weighted by atomic mass is 28.4. The zero-order valence-corrected chi connectivity index (χ0v) is 56.9. The lowest BCUT2D eigenvalue weighted by Crippen LogP contribution is -2.66. The van der Waals surface area contributed by atoms with Crippen molar-refractivity contribution < 1.29 is 41.4 Å². The zero-order chi connectivity index (χ0) is 57.1. The summed E-state index contributed by atoms with van der Waals surface area (Å²) in [5.74, 6) is 0.305. The average Bonchev–Trinajstić information content (AvgIpc) is 3.59. The van der Waals surface area contributed by atoms with Gasteiger partial charge in [-0.25, -0.2) is 0 Å². The lowest BCUT2D eigenvalue weighted by atomic mass is 9.79. The fourth-order valence-electron chi connectivity index (χ4n) is 12.9. The van der Waals surface area contributed by atoms with Gasteiger partial charge in [0.15, 0.2) is 25.0 Å². The van der Waals surface area contributed by atoms with Crippen molar-refractivity contribution in [3.63, 3.8) is 0 Å². The third-order valence-electron chi connectivity index (χ3n) is 21.0. The van der Waals surface area contributed by atoms with Crippen molar-refractivity contribution in [2.45, 2.75) is 313 Å². The van der Waals surface area contributed by atoms with Crippen molar-refractivity contribution in [1.29, 1.82) is 0 Å². The van der Waals surface area contributed by atoms with E-state index in [0.717, 1.165) is 77.2 Å². The molecule has 13 atom stereocenters. The maximum absolute atomic E-state index is 7.67. The van der Waals surface area contributed by atoms with Gasteiger partial charge >= 0.3 is 0 Å². The van der Waals surface area contributed by atoms with Gasteiger partial charge in [-0.2, -0.15) is 0 Å². The van der Waals surface area contributed by atoms with E-state index in [2.05, 4.69) is 211 Å². The molecule has 0 amide bonds. The first kappa shape index (κ1) is 63.5. The summed E-state index contributed by atoms with van der Waals surface area (Å²) < 4.78 is 67.0. The largest absolute Gasteiger partial charge is 0.417 e. The van der Waals surface area contributed by atoms with E-state index in [1.165, 1.54) is 10.4 Å². The SMILES string of the molecule is C[C@H]1C[C@@H]2O[C@@H]3C[C@@H]4O[C@@H]5CC[C@@](C)(O[Si](C)(C)C(C)(C)C)[C@@H](CCCO[Si](C)(C)C(C)(C)C)O[C@H]5CC[C@@]4(C)O[C@H]3[C@@H](O[Si](C)(C)C(C)(C)C)C[C@@]2(C)O[C@H]1CCCO[Si](c1ccccc1)(c1ccccc1)C(C)(C)C. The molecule has 0 unspecified atom stereocenters. The van der Waals surface area contributed by atoms with E-state index in [0.29, 0.717) is 12.5 Å². The normalized spacial score (nSPS) is 34.2. The molecule has 7 rings (SSSR count). The molecule has 0 saturated carbocycles. The number of fused-ring (bicyclic) bond motifs is 4. The standard InChI is InChI=1S/C64H112O9Si4/c1-46-43-55-64(16,70-49(46)35-29-42-66-77(61(11,12)13,47-31-25-23-26-32-47)48-33-27-24-28-34-48)45-53(72-75(19,20)59(5,6)7)57-52(69-55)44-56-62(14,71-57)39-37-50-51(68-56)38-40-63(15,73-76(21,22)60(8,9)10)54(67-50)36-30-41-65-74(17,18)58(2,3)4/h23-28,31-34,46,49-57H,29-30,35-45H2,1-22H3/t46-,49-,50-,51+,52+,53-,54+,55-,56-,57+,62+,63+,64+/m0/s1. The minimum Gasteiger partial charge on any atom is -0.417 e. The van der Waals surface area contributed by atoms with Crippen molar-refractivity contribution in [3.8, 4) is 0 Å². The molecule has 13 heteroatoms. The Kier molecular flexibility index (Phi) is 19.1. The third-order valence-corrected chi connectivity index (χ3v) is 39.6. The Balaban J connectivity index is 1.11. The Labute approximate surface area is 474 Å². The van der Waals surface area contributed by atoms with E-state index >= 15 is 0 Å². The van der Waals surface area contributed by atoms with Crippen LogP contribution in [-0.2, 0) is 41.4 Å². The van der Waals surface area contributed by atoms with Crippen LogP contribution in [0.25, 0.3) is 0 Å². The van der Waals surface area contributed by atoms with E-state index in [9.17, 15) is 0 Å². The number of hydrogen-bond donors (Lipinski definition) is 0. The summed E-state index contributed by atoms with van der Waals surface area (Å²) >= 11 is 0. The Hall–Kier alpha value is -1.05. The molecule has 0 spiro atoms. The molecule has 5 fully saturated rings. The first-order valence-electron chi connectivity index (χ1n) is 30.5. The van der Waals surface area contributed by atoms with E-state index < -0.39 is 50.1 Å². The molecule has 5 heterocycles. The van der Waals surface area contributed by atoms with E-state index in [1.54, 1.807) is 0 Å². The van der Waals surface area contributed by atoms with Crippen LogP contribution < -0.4 is 10.4 Å². The van der Waals surface area contributed by atoms with Crippen molar-refractivity contribution in [2.75, 3.05) is 13.2 Å². The lowest BCUT2D eigenvalue weighted by molar-refractivity contribution is -0.272. The first-order valence-corrected chi connectivity index (χ1v) is 41.1. The molecule has 5 aliphatic rings. The van der Waals surface area contributed by atoms with Crippen molar-refractivity contribution in [2.24, 2.45) is 5.92 Å². The van der Waals surface area contributed by atoms with E-state index in [4.69, 9.17) is 41.4 Å². The molecular weight excluding hydrogens is 1030 g/mol. The van der Waals surface area contributed by atoms with E-state index in [1.807, 2.05) is 0 Å². The van der Waals surface area contributed by atoms with Crippen LogP contribution in [0, 0.1) is 5.92 Å². The predicted octanol–water partition coefficient (Wildman–Crippen LogP) is 15.3. The number of benzene rings is 2. The summed E-state index contributed by atoms with van der Waals surface area (Å²) in [6.07, 6.45) is 8.43. The van der Waals surface area contributed by atoms with Crippen LogP contribution in [0.1, 0.15) is 181 Å². The third kappa shape index (κ3) is 13.6. The van der Waals surface area contributed by atoms with Crippen molar-refractivity contribution >= 4 is 43.6 Å². The number of ether oxygens (including phenoxy) is 5. The molecule has 0 bridgehead atoms. The van der Waals surface area contributed by atoms with Crippen molar-refractivity contribution in [1.82, 2.24) is 0 Å². The van der Waals surface area contributed by atoms with Gasteiger partial charge in [0.2, 0.25) is 0 Å². The van der Waals surface area contributed by atoms with Crippen LogP contribution in [0.3, 0.4) is 0 Å². The van der Waals surface area contributed by atoms with Gasteiger partial charge in [-0.15, -0.1) is 0 Å². The highest BCUT2D eigenvalue weighted by Crippen LogP contribution is 2.52. The van der Waals surface area contributed by atoms with Crippen LogP contribution in [0.4, 0.5) is 0 Å². The molecule has 2 aromatic carbocycles.